The van der Waals surface area contributed by atoms with Crippen molar-refractivity contribution in [2.45, 2.75) is 39.5 Å². The van der Waals surface area contributed by atoms with Crippen molar-refractivity contribution in [3.8, 4) is 0 Å². The van der Waals surface area contributed by atoms with Crippen LogP contribution in [0.25, 0.3) is 0 Å². The molecule has 0 saturated carbocycles. The van der Waals surface area contributed by atoms with Gasteiger partial charge in [0.05, 0.1) is 0 Å². The molecule has 2 heteroatoms. The Balaban J connectivity index is 2.05. The summed E-state index contributed by atoms with van der Waals surface area (Å²) >= 11 is 0. The molecule has 1 unspecified atom stereocenters. The molecule has 1 aliphatic rings. The summed E-state index contributed by atoms with van der Waals surface area (Å²) in [5.41, 5.74) is 0. The maximum absolute atomic E-state index is 3.39. The zero-order valence-electron chi connectivity index (χ0n) is 9.89. The van der Waals surface area contributed by atoms with E-state index < -0.39 is 0 Å². The first kappa shape index (κ1) is 12.0. The van der Waals surface area contributed by atoms with Crippen LogP contribution in [0.2, 0.25) is 0 Å². The van der Waals surface area contributed by atoms with Crippen molar-refractivity contribution in [2.75, 3.05) is 32.7 Å². The number of hydrogen-bond donors (Lipinski definition) is 1. The third kappa shape index (κ3) is 4.43. The van der Waals surface area contributed by atoms with Gasteiger partial charge in [-0.3, -0.25) is 0 Å². The summed E-state index contributed by atoms with van der Waals surface area (Å²) in [6.45, 7) is 10.8. The van der Waals surface area contributed by atoms with Crippen LogP contribution in [0.15, 0.2) is 0 Å². The van der Waals surface area contributed by atoms with Crippen molar-refractivity contribution in [1.82, 2.24) is 10.2 Å². The van der Waals surface area contributed by atoms with Crippen LogP contribution in [-0.2, 0) is 0 Å². The molecule has 2 nitrogen and oxygen atoms in total. The Labute approximate surface area is 89.1 Å². The van der Waals surface area contributed by atoms with Gasteiger partial charge in [-0.2, -0.15) is 0 Å². The second-order valence-corrected chi connectivity index (χ2v) is 4.42. The Morgan fingerprint density at radius 3 is 2.93 bits per heavy atom. The van der Waals surface area contributed by atoms with Crippen LogP contribution < -0.4 is 5.32 Å². The monoisotopic (exact) mass is 198 g/mol. The number of nitrogens with zero attached hydrogens (tertiary/aromatic N) is 1. The molecule has 1 rings (SSSR count). The van der Waals surface area contributed by atoms with Crippen molar-refractivity contribution in [3.63, 3.8) is 0 Å². The molecule has 1 fully saturated rings. The smallest absolute Gasteiger partial charge is 0.000957 e. The van der Waals surface area contributed by atoms with Crippen LogP contribution in [0.5, 0.6) is 0 Å². The number of piperidine rings is 1. The molecular weight excluding hydrogens is 172 g/mol. The lowest BCUT2D eigenvalue weighted by Gasteiger charge is -2.32. The summed E-state index contributed by atoms with van der Waals surface area (Å²) < 4.78 is 0. The highest BCUT2D eigenvalue weighted by Gasteiger charge is 2.17. The first-order chi connectivity index (χ1) is 6.86. The molecule has 14 heavy (non-hydrogen) atoms. The van der Waals surface area contributed by atoms with Gasteiger partial charge in [-0.1, -0.05) is 20.3 Å². The number of likely N-dealkylation sites (tertiary alicyclic amines) is 1. The van der Waals surface area contributed by atoms with Gasteiger partial charge in [0.1, 0.15) is 0 Å². The van der Waals surface area contributed by atoms with E-state index in [4.69, 9.17) is 0 Å². The predicted octanol–water partition coefficient (Wildman–Crippen LogP) is 2.11. The fourth-order valence-electron chi connectivity index (χ4n) is 2.29. The van der Waals surface area contributed by atoms with Gasteiger partial charge in [0.25, 0.3) is 0 Å². The lowest BCUT2D eigenvalue weighted by Crippen LogP contribution is -2.36. The lowest BCUT2D eigenvalue weighted by molar-refractivity contribution is 0.170. The third-order valence-corrected chi connectivity index (χ3v) is 3.26. The number of hydrogen-bond acceptors (Lipinski definition) is 2. The molecule has 1 N–H and O–H groups in total. The molecule has 1 heterocycles. The van der Waals surface area contributed by atoms with Crippen molar-refractivity contribution >= 4 is 0 Å². The topological polar surface area (TPSA) is 15.3 Å². The quantitative estimate of drug-likeness (QED) is 0.658. The molecule has 0 aromatic rings. The van der Waals surface area contributed by atoms with E-state index in [0.717, 1.165) is 12.5 Å². The fraction of sp³-hybridized carbons (Fsp3) is 1.00. The highest BCUT2D eigenvalue weighted by atomic mass is 15.1. The zero-order chi connectivity index (χ0) is 10.2. The van der Waals surface area contributed by atoms with Gasteiger partial charge in [0, 0.05) is 6.54 Å². The first-order valence-corrected chi connectivity index (χ1v) is 6.29. The predicted molar refractivity (Wildman–Crippen MR) is 62.6 cm³/mol. The Morgan fingerprint density at radius 1 is 1.36 bits per heavy atom. The summed E-state index contributed by atoms with van der Waals surface area (Å²) in [6.07, 6.45) is 5.55. The Bertz CT molecular complexity index is 136. The maximum Gasteiger partial charge on any atom is 0.000957 e. The summed E-state index contributed by atoms with van der Waals surface area (Å²) in [5, 5.41) is 3.39. The molecule has 1 saturated heterocycles. The zero-order valence-corrected chi connectivity index (χ0v) is 9.89. The van der Waals surface area contributed by atoms with Crippen LogP contribution in [-0.4, -0.2) is 37.6 Å². The van der Waals surface area contributed by atoms with E-state index in [-0.39, 0.29) is 0 Å². The van der Waals surface area contributed by atoms with Gasteiger partial charge in [-0.15, -0.1) is 0 Å². The van der Waals surface area contributed by atoms with Gasteiger partial charge in [0.15, 0.2) is 0 Å². The van der Waals surface area contributed by atoms with Crippen LogP contribution >= 0.6 is 0 Å². The molecule has 0 amide bonds. The van der Waals surface area contributed by atoms with E-state index in [9.17, 15) is 0 Å². The van der Waals surface area contributed by atoms with Crippen molar-refractivity contribution < 1.29 is 0 Å². The molecule has 0 radical (unpaired) electrons. The van der Waals surface area contributed by atoms with Gasteiger partial charge in [0.2, 0.25) is 0 Å². The molecule has 0 bridgehead atoms. The van der Waals surface area contributed by atoms with E-state index in [1.165, 1.54) is 51.9 Å². The number of rotatable bonds is 6. The van der Waals surface area contributed by atoms with Crippen LogP contribution in [0, 0.1) is 5.92 Å². The van der Waals surface area contributed by atoms with Crippen molar-refractivity contribution in [3.05, 3.63) is 0 Å². The molecular formula is C12H26N2. The summed E-state index contributed by atoms with van der Waals surface area (Å²) in [5.74, 6) is 0.975. The molecule has 0 spiro atoms. The normalized spacial score (nSPS) is 24.0. The molecule has 1 atom stereocenters. The maximum atomic E-state index is 3.39. The minimum atomic E-state index is 0.975. The van der Waals surface area contributed by atoms with E-state index in [1.807, 2.05) is 0 Å². The van der Waals surface area contributed by atoms with E-state index in [0.29, 0.717) is 0 Å². The van der Waals surface area contributed by atoms with Gasteiger partial charge < -0.3 is 10.2 Å². The van der Waals surface area contributed by atoms with E-state index >= 15 is 0 Å². The first-order valence-electron chi connectivity index (χ1n) is 6.29. The SMILES string of the molecule is CCNCCCN1CCCC(CC)C1. The van der Waals surface area contributed by atoms with Crippen molar-refractivity contribution in [1.29, 1.82) is 0 Å². The van der Waals surface area contributed by atoms with E-state index in [1.54, 1.807) is 0 Å². The summed E-state index contributed by atoms with van der Waals surface area (Å²) in [6, 6.07) is 0. The molecule has 1 aliphatic heterocycles. The highest BCUT2D eigenvalue weighted by Crippen LogP contribution is 2.18. The highest BCUT2D eigenvalue weighted by molar-refractivity contribution is 4.71. The summed E-state index contributed by atoms with van der Waals surface area (Å²) in [7, 11) is 0. The van der Waals surface area contributed by atoms with Crippen molar-refractivity contribution in [2.24, 2.45) is 5.92 Å². The largest absolute Gasteiger partial charge is 0.317 e. The Kier molecular flexibility index (Phi) is 6.20. The standard InChI is InChI=1S/C12H26N2/c1-3-12-7-5-9-14(11-12)10-6-8-13-4-2/h12-13H,3-11H2,1-2H3. The van der Waals surface area contributed by atoms with E-state index in [2.05, 4.69) is 24.1 Å². The average molecular weight is 198 g/mol. The lowest BCUT2D eigenvalue weighted by atomic mass is 9.95. The molecule has 0 aromatic carbocycles. The van der Waals surface area contributed by atoms with Gasteiger partial charge in [-0.25, -0.2) is 0 Å². The number of nitrogens with one attached hydrogen (secondary N) is 1. The van der Waals surface area contributed by atoms with Crippen LogP contribution in [0.1, 0.15) is 39.5 Å². The Morgan fingerprint density at radius 2 is 2.21 bits per heavy atom. The van der Waals surface area contributed by atoms with Gasteiger partial charge >= 0.3 is 0 Å². The average Bonchev–Trinajstić information content (AvgIpc) is 2.25. The minimum Gasteiger partial charge on any atom is -0.317 e. The molecule has 0 aromatic heterocycles. The third-order valence-electron chi connectivity index (χ3n) is 3.26. The Hall–Kier alpha value is -0.0800. The second kappa shape index (κ2) is 7.24. The minimum absolute atomic E-state index is 0.975. The summed E-state index contributed by atoms with van der Waals surface area (Å²) in [4.78, 5) is 2.65. The molecule has 0 aliphatic carbocycles. The molecule has 84 valence electrons. The van der Waals surface area contributed by atoms with Crippen LogP contribution in [0.3, 0.4) is 0 Å². The van der Waals surface area contributed by atoms with Crippen LogP contribution in [0.4, 0.5) is 0 Å². The fourth-order valence-corrected chi connectivity index (χ4v) is 2.29. The second-order valence-electron chi connectivity index (χ2n) is 4.42. The van der Waals surface area contributed by atoms with Gasteiger partial charge in [-0.05, 0) is 51.4 Å².